The first-order chi connectivity index (χ1) is 10.1. The predicted octanol–water partition coefficient (Wildman–Crippen LogP) is 2.79. The molecule has 1 saturated heterocycles. The van der Waals surface area contributed by atoms with Crippen molar-refractivity contribution >= 4 is 12.0 Å². The molecule has 5 heteroatoms. The van der Waals surface area contributed by atoms with Gasteiger partial charge in [-0.2, -0.15) is 0 Å². The number of nitrogens with zero attached hydrogens (tertiary/aromatic N) is 2. The van der Waals surface area contributed by atoms with Gasteiger partial charge in [-0.25, -0.2) is 4.79 Å². The molecule has 1 aromatic rings. The fraction of sp³-hybridized carbons (Fsp3) is 0.500. The molecule has 0 bridgehead atoms. The van der Waals surface area contributed by atoms with Gasteiger partial charge >= 0.3 is 6.09 Å². The fourth-order valence-corrected chi connectivity index (χ4v) is 2.33. The van der Waals surface area contributed by atoms with E-state index in [4.69, 9.17) is 4.74 Å². The molecular formula is C16H22N2O3. The molecule has 21 heavy (non-hydrogen) atoms. The van der Waals surface area contributed by atoms with Gasteiger partial charge < -0.3 is 9.64 Å². The van der Waals surface area contributed by atoms with Crippen LogP contribution < -0.4 is 0 Å². The molecule has 1 heterocycles. The average molecular weight is 290 g/mol. The summed E-state index contributed by atoms with van der Waals surface area (Å²) in [6, 6.07) is 9.76. The van der Waals surface area contributed by atoms with E-state index in [1.165, 1.54) is 4.90 Å². The van der Waals surface area contributed by atoms with Gasteiger partial charge in [-0.1, -0.05) is 43.7 Å². The Hall–Kier alpha value is -2.04. The van der Waals surface area contributed by atoms with Crippen molar-refractivity contribution in [3.63, 3.8) is 0 Å². The lowest BCUT2D eigenvalue weighted by atomic mass is 10.1. The van der Waals surface area contributed by atoms with Crippen molar-refractivity contribution in [1.29, 1.82) is 0 Å². The second-order valence-electron chi connectivity index (χ2n) is 5.26. The number of unbranched alkanes of at least 4 members (excludes halogenated alkanes) is 1. The molecule has 114 valence electrons. The van der Waals surface area contributed by atoms with Crippen LogP contribution in [0.15, 0.2) is 30.3 Å². The standard InChI is InChI=1S/C16H22N2O3/c1-3-4-10-21-16(20)17-11-15(19)18(12-17)13(2)14-8-6-5-7-9-14/h5-9,13H,3-4,10-12H2,1-2H3. The molecule has 2 amide bonds. The first kappa shape index (κ1) is 15.4. The Morgan fingerprint density at radius 1 is 1.33 bits per heavy atom. The zero-order valence-electron chi connectivity index (χ0n) is 12.6. The van der Waals surface area contributed by atoms with Crippen molar-refractivity contribution in [1.82, 2.24) is 9.80 Å². The predicted molar refractivity (Wildman–Crippen MR) is 79.5 cm³/mol. The van der Waals surface area contributed by atoms with Crippen molar-refractivity contribution in [2.45, 2.75) is 32.7 Å². The lowest BCUT2D eigenvalue weighted by Crippen LogP contribution is -2.33. The third kappa shape index (κ3) is 3.74. The van der Waals surface area contributed by atoms with E-state index in [1.807, 2.05) is 44.2 Å². The van der Waals surface area contributed by atoms with Crippen LogP contribution in [0.5, 0.6) is 0 Å². The third-order valence-corrected chi connectivity index (χ3v) is 3.70. The number of hydrogen-bond donors (Lipinski definition) is 0. The summed E-state index contributed by atoms with van der Waals surface area (Å²) in [6.45, 7) is 4.81. The fourth-order valence-electron chi connectivity index (χ4n) is 2.33. The smallest absolute Gasteiger partial charge is 0.411 e. The van der Waals surface area contributed by atoms with Crippen molar-refractivity contribution in [3.05, 3.63) is 35.9 Å². The highest BCUT2D eigenvalue weighted by Crippen LogP contribution is 2.24. The number of rotatable bonds is 5. The summed E-state index contributed by atoms with van der Waals surface area (Å²) in [5, 5.41) is 0. The van der Waals surface area contributed by atoms with Crippen LogP contribution in [0.1, 0.15) is 38.3 Å². The van der Waals surface area contributed by atoms with Gasteiger partial charge in [0.1, 0.15) is 13.2 Å². The molecule has 1 aliphatic heterocycles. The molecular weight excluding hydrogens is 268 g/mol. The quantitative estimate of drug-likeness (QED) is 0.783. The second-order valence-corrected chi connectivity index (χ2v) is 5.26. The van der Waals surface area contributed by atoms with E-state index in [-0.39, 0.29) is 18.5 Å². The Kier molecular flexibility index (Phi) is 5.20. The van der Waals surface area contributed by atoms with Crippen molar-refractivity contribution < 1.29 is 14.3 Å². The number of amides is 2. The van der Waals surface area contributed by atoms with E-state index in [0.717, 1.165) is 18.4 Å². The SMILES string of the molecule is CCCCOC(=O)N1CC(=O)N(C(C)c2ccccc2)C1. The van der Waals surface area contributed by atoms with Crippen LogP contribution in [0.25, 0.3) is 0 Å². The number of carbonyl (C=O) groups excluding carboxylic acids is 2. The Balaban J connectivity index is 1.95. The molecule has 0 aliphatic carbocycles. The highest BCUT2D eigenvalue weighted by molar-refractivity contribution is 5.85. The molecule has 1 fully saturated rings. The van der Waals surface area contributed by atoms with Crippen LogP contribution in [0.4, 0.5) is 4.79 Å². The van der Waals surface area contributed by atoms with Gasteiger partial charge in [-0.05, 0) is 18.9 Å². The Bertz CT molecular complexity index is 490. The van der Waals surface area contributed by atoms with Gasteiger partial charge in [0, 0.05) is 0 Å². The maximum absolute atomic E-state index is 12.1. The number of benzene rings is 1. The normalized spacial score (nSPS) is 16.2. The van der Waals surface area contributed by atoms with Crippen LogP contribution in [-0.4, -0.2) is 41.6 Å². The molecule has 0 saturated carbocycles. The summed E-state index contributed by atoms with van der Waals surface area (Å²) >= 11 is 0. The molecule has 1 unspecified atom stereocenters. The van der Waals surface area contributed by atoms with Crippen LogP contribution in [-0.2, 0) is 9.53 Å². The van der Waals surface area contributed by atoms with Crippen molar-refractivity contribution in [2.75, 3.05) is 19.8 Å². The van der Waals surface area contributed by atoms with Crippen LogP contribution >= 0.6 is 0 Å². The van der Waals surface area contributed by atoms with Crippen LogP contribution in [0.2, 0.25) is 0 Å². The van der Waals surface area contributed by atoms with Crippen molar-refractivity contribution in [3.8, 4) is 0 Å². The molecule has 0 spiro atoms. The summed E-state index contributed by atoms with van der Waals surface area (Å²) < 4.78 is 5.16. The minimum absolute atomic E-state index is 0.0428. The monoisotopic (exact) mass is 290 g/mol. The number of carbonyl (C=O) groups is 2. The Morgan fingerprint density at radius 3 is 2.71 bits per heavy atom. The molecule has 1 atom stereocenters. The Morgan fingerprint density at radius 2 is 2.05 bits per heavy atom. The van der Waals surface area contributed by atoms with Gasteiger partial charge in [-0.15, -0.1) is 0 Å². The van der Waals surface area contributed by atoms with Crippen molar-refractivity contribution in [2.24, 2.45) is 0 Å². The van der Waals surface area contributed by atoms with E-state index < -0.39 is 6.09 Å². The van der Waals surface area contributed by atoms with E-state index in [9.17, 15) is 9.59 Å². The van der Waals surface area contributed by atoms with Crippen LogP contribution in [0, 0.1) is 0 Å². The number of hydrogen-bond acceptors (Lipinski definition) is 3. The van der Waals surface area contributed by atoms with Crippen LogP contribution in [0.3, 0.4) is 0 Å². The number of ether oxygens (including phenoxy) is 1. The summed E-state index contributed by atoms with van der Waals surface area (Å²) in [4.78, 5) is 27.2. The first-order valence-electron chi connectivity index (χ1n) is 7.39. The van der Waals surface area contributed by atoms with Gasteiger partial charge in [0.25, 0.3) is 0 Å². The summed E-state index contributed by atoms with van der Waals surface area (Å²) in [5.74, 6) is -0.0428. The maximum atomic E-state index is 12.1. The highest BCUT2D eigenvalue weighted by atomic mass is 16.6. The molecule has 1 aliphatic rings. The average Bonchev–Trinajstić information content (AvgIpc) is 2.89. The van der Waals surface area contributed by atoms with E-state index >= 15 is 0 Å². The topological polar surface area (TPSA) is 49.9 Å². The molecule has 2 rings (SSSR count). The highest BCUT2D eigenvalue weighted by Gasteiger charge is 2.34. The molecule has 5 nitrogen and oxygen atoms in total. The Labute approximate surface area is 125 Å². The molecule has 0 aromatic heterocycles. The lowest BCUT2D eigenvalue weighted by molar-refractivity contribution is -0.128. The van der Waals surface area contributed by atoms with E-state index in [1.54, 1.807) is 4.90 Å². The largest absolute Gasteiger partial charge is 0.449 e. The first-order valence-corrected chi connectivity index (χ1v) is 7.39. The van der Waals surface area contributed by atoms with Gasteiger partial charge in [0.05, 0.1) is 12.6 Å². The minimum atomic E-state index is -0.403. The van der Waals surface area contributed by atoms with E-state index in [0.29, 0.717) is 13.3 Å². The van der Waals surface area contributed by atoms with Gasteiger partial charge in [0.2, 0.25) is 5.91 Å². The summed E-state index contributed by atoms with van der Waals surface area (Å²) in [5.41, 5.74) is 1.06. The van der Waals surface area contributed by atoms with Gasteiger partial charge in [0.15, 0.2) is 0 Å². The third-order valence-electron chi connectivity index (χ3n) is 3.70. The van der Waals surface area contributed by atoms with Gasteiger partial charge in [-0.3, -0.25) is 9.69 Å². The summed E-state index contributed by atoms with van der Waals surface area (Å²) in [6.07, 6.45) is 1.42. The maximum Gasteiger partial charge on any atom is 0.411 e. The summed E-state index contributed by atoms with van der Waals surface area (Å²) in [7, 11) is 0. The lowest BCUT2D eigenvalue weighted by Gasteiger charge is -2.25. The zero-order chi connectivity index (χ0) is 15.2. The minimum Gasteiger partial charge on any atom is -0.449 e. The molecule has 0 radical (unpaired) electrons. The zero-order valence-corrected chi connectivity index (χ0v) is 12.6. The van der Waals surface area contributed by atoms with E-state index in [2.05, 4.69) is 0 Å². The second kappa shape index (κ2) is 7.11. The molecule has 0 N–H and O–H groups in total. The molecule has 1 aromatic carbocycles.